The Balaban J connectivity index is 1.18. The molecule has 0 amide bonds. The van der Waals surface area contributed by atoms with Crippen molar-refractivity contribution >= 4 is 11.0 Å². The lowest BCUT2D eigenvalue weighted by molar-refractivity contribution is 0.0614. The minimum Gasteiger partial charge on any atom is -0.303 e. The lowest BCUT2D eigenvalue weighted by Gasteiger charge is -2.44. The van der Waals surface area contributed by atoms with Gasteiger partial charge in [0.25, 0.3) is 0 Å². The van der Waals surface area contributed by atoms with Crippen LogP contribution in [0, 0.1) is 17.8 Å². The Morgan fingerprint density at radius 2 is 1.44 bits per heavy atom. The molecule has 3 fully saturated rings. The molecule has 1 aliphatic heterocycles. The summed E-state index contributed by atoms with van der Waals surface area (Å²) < 4.78 is 4.09. The number of likely N-dealkylation sites (tertiary alicyclic amines) is 1. The van der Waals surface area contributed by atoms with Gasteiger partial charge in [-0.2, -0.15) is 0 Å². The first-order chi connectivity index (χ1) is 16.8. The van der Waals surface area contributed by atoms with Crippen molar-refractivity contribution in [3.63, 3.8) is 0 Å². The van der Waals surface area contributed by atoms with Crippen LogP contribution < -0.4 is 5.69 Å². The standard InChI is InChI=1S/C30H39N3O/c34-30-32(21-23-9-2-1-3-10-23)28-15-6-7-16-29(28)33(30)26-17-19-31(20-18-26)22-25-13-8-12-24-11-4-5-14-27(24)25/h1-3,6-7,9-10,15-16,24-27H,4-5,8,11-14,17-22H2. The first-order valence-electron chi connectivity index (χ1n) is 13.7. The highest BCUT2D eigenvalue weighted by atomic mass is 16.1. The predicted octanol–water partition coefficient (Wildman–Crippen LogP) is 6.09. The van der Waals surface area contributed by atoms with Crippen LogP contribution in [-0.2, 0) is 6.54 Å². The molecule has 0 radical (unpaired) electrons. The summed E-state index contributed by atoms with van der Waals surface area (Å²) in [6.07, 6.45) is 12.4. The number of imidazole rings is 1. The SMILES string of the molecule is O=c1n(Cc2ccccc2)c2ccccc2n1C1CCN(CC2CCCC3CCCCC32)CC1. The molecule has 4 heteroatoms. The Bertz CT molecular complexity index is 1150. The molecule has 2 aliphatic carbocycles. The number of aromatic nitrogens is 2. The second-order valence-corrected chi connectivity index (χ2v) is 11.1. The lowest BCUT2D eigenvalue weighted by atomic mass is 9.65. The van der Waals surface area contributed by atoms with Crippen molar-refractivity contribution in [3.8, 4) is 0 Å². The number of para-hydroxylation sites is 2. The number of fused-ring (bicyclic) bond motifs is 2. The molecule has 3 aliphatic rings. The van der Waals surface area contributed by atoms with Gasteiger partial charge in [-0.3, -0.25) is 9.13 Å². The quantitative estimate of drug-likeness (QED) is 0.464. The first kappa shape index (κ1) is 22.2. The second-order valence-electron chi connectivity index (χ2n) is 11.1. The van der Waals surface area contributed by atoms with E-state index in [0.717, 1.165) is 54.7 Å². The summed E-state index contributed by atoms with van der Waals surface area (Å²) in [5, 5.41) is 0. The number of benzene rings is 2. The number of nitrogens with zero attached hydrogens (tertiary/aromatic N) is 3. The van der Waals surface area contributed by atoms with Gasteiger partial charge in [0.2, 0.25) is 0 Å². The fourth-order valence-corrected chi connectivity index (χ4v) is 7.49. The van der Waals surface area contributed by atoms with Crippen LogP contribution >= 0.6 is 0 Å². The molecule has 0 spiro atoms. The number of piperidine rings is 1. The molecule has 34 heavy (non-hydrogen) atoms. The predicted molar refractivity (Wildman–Crippen MR) is 139 cm³/mol. The maximum Gasteiger partial charge on any atom is 0.329 e. The van der Waals surface area contributed by atoms with E-state index in [1.165, 1.54) is 57.1 Å². The van der Waals surface area contributed by atoms with Gasteiger partial charge in [0.1, 0.15) is 0 Å². The van der Waals surface area contributed by atoms with Gasteiger partial charge in [0, 0.05) is 25.7 Å². The van der Waals surface area contributed by atoms with Gasteiger partial charge < -0.3 is 4.90 Å². The molecular weight excluding hydrogens is 418 g/mol. The molecule has 0 bridgehead atoms. The largest absolute Gasteiger partial charge is 0.329 e. The third-order valence-electron chi connectivity index (χ3n) is 9.19. The highest BCUT2D eigenvalue weighted by Gasteiger charge is 2.36. The Labute approximate surface area is 203 Å². The number of rotatable bonds is 5. The van der Waals surface area contributed by atoms with E-state index in [4.69, 9.17) is 0 Å². The molecule has 1 aromatic heterocycles. The molecule has 3 unspecified atom stereocenters. The monoisotopic (exact) mass is 457 g/mol. The third kappa shape index (κ3) is 4.26. The number of hydrogen-bond donors (Lipinski definition) is 0. The zero-order chi connectivity index (χ0) is 22.9. The van der Waals surface area contributed by atoms with E-state index >= 15 is 0 Å². The molecule has 2 heterocycles. The van der Waals surface area contributed by atoms with E-state index in [2.05, 4.69) is 58.0 Å². The lowest BCUT2D eigenvalue weighted by Crippen LogP contribution is -2.43. The zero-order valence-corrected chi connectivity index (χ0v) is 20.4. The van der Waals surface area contributed by atoms with Crippen molar-refractivity contribution in [1.82, 2.24) is 14.0 Å². The zero-order valence-electron chi connectivity index (χ0n) is 20.4. The van der Waals surface area contributed by atoms with Gasteiger partial charge in [-0.1, -0.05) is 74.6 Å². The smallest absolute Gasteiger partial charge is 0.303 e. The van der Waals surface area contributed by atoms with Gasteiger partial charge >= 0.3 is 5.69 Å². The van der Waals surface area contributed by atoms with E-state index in [0.29, 0.717) is 12.6 Å². The maximum atomic E-state index is 13.7. The van der Waals surface area contributed by atoms with Crippen LogP contribution in [0.25, 0.3) is 11.0 Å². The average Bonchev–Trinajstić information content (AvgIpc) is 3.16. The fourth-order valence-electron chi connectivity index (χ4n) is 7.49. The summed E-state index contributed by atoms with van der Waals surface area (Å²) in [6, 6.07) is 19.0. The highest BCUT2D eigenvalue weighted by Crippen LogP contribution is 2.44. The minimum absolute atomic E-state index is 0.154. The maximum absolute atomic E-state index is 13.7. The van der Waals surface area contributed by atoms with Crippen LogP contribution in [-0.4, -0.2) is 33.7 Å². The van der Waals surface area contributed by atoms with E-state index in [9.17, 15) is 4.79 Å². The van der Waals surface area contributed by atoms with Crippen molar-refractivity contribution in [2.24, 2.45) is 17.8 Å². The van der Waals surface area contributed by atoms with E-state index in [1.807, 2.05) is 10.6 Å². The van der Waals surface area contributed by atoms with Gasteiger partial charge in [-0.25, -0.2) is 4.79 Å². The van der Waals surface area contributed by atoms with Crippen molar-refractivity contribution in [1.29, 1.82) is 0 Å². The van der Waals surface area contributed by atoms with Gasteiger partial charge in [-0.15, -0.1) is 0 Å². The van der Waals surface area contributed by atoms with Crippen LogP contribution in [0.4, 0.5) is 0 Å². The Morgan fingerprint density at radius 3 is 2.26 bits per heavy atom. The Hall–Kier alpha value is -2.33. The van der Waals surface area contributed by atoms with Gasteiger partial charge in [0.15, 0.2) is 0 Å². The molecule has 1 saturated heterocycles. The van der Waals surface area contributed by atoms with E-state index in [1.54, 1.807) is 0 Å². The van der Waals surface area contributed by atoms with Crippen LogP contribution in [0.3, 0.4) is 0 Å². The van der Waals surface area contributed by atoms with Crippen molar-refractivity contribution in [2.75, 3.05) is 19.6 Å². The first-order valence-corrected chi connectivity index (χ1v) is 13.7. The van der Waals surface area contributed by atoms with E-state index in [-0.39, 0.29) is 5.69 Å². The normalized spacial score (nSPS) is 26.5. The second kappa shape index (κ2) is 9.73. The molecule has 3 aromatic rings. The fraction of sp³-hybridized carbons (Fsp3) is 0.567. The molecule has 6 rings (SSSR count). The number of hydrogen-bond acceptors (Lipinski definition) is 2. The molecule has 2 saturated carbocycles. The summed E-state index contributed by atoms with van der Waals surface area (Å²) in [5.74, 6) is 2.91. The summed E-state index contributed by atoms with van der Waals surface area (Å²) in [6.45, 7) is 4.18. The highest BCUT2D eigenvalue weighted by molar-refractivity contribution is 5.76. The average molecular weight is 458 g/mol. The van der Waals surface area contributed by atoms with Crippen LogP contribution in [0.2, 0.25) is 0 Å². The van der Waals surface area contributed by atoms with E-state index < -0.39 is 0 Å². The molecule has 3 atom stereocenters. The van der Waals surface area contributed by atoms with Crippen LogP contribution in [0.1, 0.15) is 69.4 Å². The third-order valence-corrected chi connectivity index (χ3v) is 9.19. The summed E-state index contributed by atoms with van der Waals surface area (Å²) in [5.41, 5.74) is 3.49. The molecular formula is C30H39N3O. The molecule has 0 N–H and O–H groups in total. The minimum atomic E-state index is 0.154. The van der Waals surface area contributed by atoms with Crippen molar-refractivity contribution in [2.45, 2.75) is 70.4 Å². The van der Waals surface area contributed by atoms with Crippen molar-refractivity contribution < 1.29 is 0 Å². The van der Waals surface area contributed by atoms with Gasteiger partial charge in [0.05, 0.1) is 17.6 Å². The Morgan fingerprint density at radius 1 is 0.735 bits per heavy atom. The summed E-state index contributed by atoms with van der Waals surface area (Å²) in [7, 11) is 0. The Kier molecular flexibility index (Phi) is 6.34. The molecule has 180 valence electrons. The van der Waals surface area contributed by atoms with Crippen molar-refractivity contribution in [3.05, 3.63) is 70.6 Å². The van der Waals surface area contributed by atoms with Gasteiger partial charge in [-0.05, 0) is 61.1 Å². The van der Waals surface area contributed by atoms with Crippen LogP contribution in [0.15, 0.2) is 59.4 Å². The van der Waals surface area contributed by atoms with Crippen LogP contribution in [0.5, 0.6) is 0 Å². The summed E-state index contributed by atoms with van der Waals surface area (Å²) in [4.78, 5) is 16.4. The summed E-state index contributed by atoms with van der Waals surface area (Å²) >= 11 is 0. The molecule has 2 aromatic carbocycles. The topological polar surface area (TPSA) is 30.2 Å². The molecule has 4 nitrogen and oxygen atoms in total.